The number of benzene rings is 4. The third kappa shape index (κ3) is 11.8. The van der Waals surface area contributed by atoms with Crippen LogP contribution in [0.2, 0.25) is 0 Å². The molecule has 0 aliphatic carbocycles. The van der Waals surface area contributed by atoms with E-state index < -0.39 is 16.8 Å². The molecule has 4 rings (SSSR count). The van der Waals surface area contributed by atoms with E-state index in [1.54, 1.807) is 18.8 Å². The van der Waals surface area contributed by atoms with Crippen LogP contribution in [-0.2, 0) is 25.6 Å². The number of rotatable bonds is 19. The summed E-state index contributed by atoms with van der Waals surface area (Å²) in [5, 5.41) is 5.75. The molecular formula is C43H53N3O4S. The monoisotopic (exact) mass is 707 g/mol. The zero-order chi connectivity index (χ0) is 36.7. The Labute approximate surface area is 308 Å². The standard InChI is InChI=1S/C43H53N3O4S/c1-42(2,3)50-36-28-26-32(27-29-36)30-37(44)39(47)24-16-5-6-17-25-40(48)46-38(41(49)45-4)31-51-43(33-18-10-7-11-19-33,34-20-12-8-13-21-34)35-22-14-9-15-23-35/h7-15,18-23,26-29,37-38H,5-6,16-17,24-25,30-31,44H2,1-4H3,(H,45,49)(H,46,48)/t37-,38-/m0/s1. The zero-order valence-corrected chi connectivity index (χ0v) is 31.2. The average Bonchev–Trinajstić information content (AvgIpc) is 3.13. The molecule has 2 atom stereocenters. The third-order valence-electron chi connectivity index (χ3n) is 8.70. The molecule has 0 bridgehead atoms. The van der Waals surface area contributed by atoms with Gasteiger partial charge in [-0.2, -0.15) is 0 Å². The number of ether oxygens (including phenoxy) is 1. The van der Waals surface area contributed by atoms with Gasteiger partial charge in [0, 0.05) is 25.6 Å². The van der Waals surface area contributed by atoms with Crippen molar-refractivity contribution in [3.05, 3.63) is 138 Å². The number of thioether (sulfide) groups is 1. The van der Waals surface area contributed by atoms with E-state index >= 15 is 0 Å². The van der Waals surface area contributed by atoms with Gasteiger partial charge < -0.3 is 21.1 Å². The van der Waals surface area contributed by atoms with Crippen LogP contribution in [0.4, 0.5) is 0 Å². The van der Waals surface area contributed by atoms with E-state index in [4.69, 9.17) is 10.5 Å². The van der Waals surface area contributed by atoms with Gasteiger partial charge in [0.25, 0.3) is 0 Å². The maximum atomic E-state index is 13.1. The third-order valence-corrected chi connectivity index (χ3v) is 10.3. The van der Waals surface area contributed by atoms with Crippen molar-refractivity contribution in [3.63, 3.8) is 0 Å². The normalized spacial score (nSPS) is 12.8. The van der Waals surface area contributed by atoms with Gasteiger partial charge in [0.2, 0.25) is 11.8 Å². The van der Waals surface area contributed by atoms with Gasteiger partial charge in [0.15, 0.2) is 0 Å². The van der Waals surface area contributed by atoms with E-state index in [-0.39, 0.29) is 23.2 Å². The summed E-state index contributed by atoms with van der Waals surface area (Å²) in [5.74, 6) is 0.806. The van der Waals surface area contributed by atoms with Gasteiger partial charge in [-0.1, -0.05) is 116 Å². The van der Waals surface area contributed by atoms with Crippen molar-refractivity contribution >= 4 is 29.4 Å². The Balaban J connectivity index is 1.28. The minimum absolute atomic E-state index is 0.0475. The maximum absolute atomic E-state index is 13.1. The van der Waals surface area contributed by atoms with Crippen molar-refractivity contribution in [2.75, 3.05) is 12.8 Å². The number of carbonyl (C=O) groups excluding carboxylic acids is 3. The average molecular weight is 708 g/mol. The van der Waals surface area contributed by atoms with Crippen LogP contribution in [-0.4, -0.2) is 48.1 Å². The molecule has 0 fully saturated rings. The molecule has 270 valence electrons. The summed E-state index contributed by atoms with van der Waals surface area (Å²) in [6, 6.07) is 37.4. The van der Waals surface area contributed by atoms with Crippen molar-refractivity contribution < 1.29 is 19.1 Å². The summed E-state index contributed by atoms with van der Waals surface area (Å²) in [7, 11) is 1.59. The van der Waals surface area contributed by atoms with Crippen molar-refractivity contribution in [2.24, 2.45) is 5.73 Å². The van der Waals surface area contributed by atoms with Crippen LogP contribution >= 0.6 is 11.8 Å². The molecule has 4 N–H and O–H groups in total. The number of likely N-dealkylation sites (N-methyl/N-ethyl adjacent to an activating group) is 1. The van der Waals surface area contributed by atoms with Gasteiger partial charge in [0.1, 0.15) is 23.2 Å². The zero-order valence-electron chi connectivity index (χ0n) is 30.4. The Bertz CT molecular complexity index is 1560. The Morgan fingerprint density at radius 2 is 1.20 bits per heavy atom. The minimum atomic E-state index is -0.718. The molecule has 0 saturated heterocycles. The molecule has 0 aromatic heterocycles. The molecule has 2 amide bonds. The molecular weight excluding hydrogens is 655 g/mol. The smallest absolute Gasteiger partial charge is 0.243 e. The summed E-state index contributed by atoms with van der Waals surface area (Å²) in [5.41, 5.74) is 10.2. The fourth-order valence-electron chi connectivity index (χ4n) is 6.14. The number of carbonyl (C=O) groups is 3. The number of hydrogen-bond donors (Lipinski definition) is 3. The number of nitrogens with two attached hydrogens (primary N) is 1. The lowest BCUT2D eigenvalue weighted by atomic mass is 9.84. The molecule has 7 nitrogen and oxygen atoms in total. The molecule has 0 spiro atoms. The number of Topliss-reactive ketones (excluding diaryl/α,β-unsaturated/α-hetero) is 1. The molecule has 0 unspecified atom stereocenters. The molecule has 0 heterocycles. The van der Waals surface area contributed by atoms with E-state index in [1.165, 1.54) is 0 Å². The highest BCUT2D eigenvalue weighted by atomic mass is 32.2. The largest absolute Gasteiger partial charge is 0.488 e. The quantitative estimate of drug-likeness (QED) is 0.0684. The minimum Gasteiger partial charge on any atom is -0.488 e. The summed E-state index contributed by atoms with van der Waals surface area (Å²) in [4.78, 5) is 38.9. The van der Waals surface area contributed by atoms with Crippen LogP contribution in [0.25, 0.3) is 0 Å². The maximum Gasteiger partial charge on any atom is 0.243 e. The van der Waals surface area contributed by atoms with Crippen molar-refractivity contribution in [2.45, 2.75) is 88.1 Å². The highest BCUT2D eigenvalue weighted by Gasteiger charge is 2.38. The molecule has 0 aliphatic heterocycles. The van der Waals surface area contributed by atoms with E-state index in [9.17, 15) is 14.4 Å². The predicted molar refractivity (Wildman–Crippen MR) is 209 cm³/mol. The fraction of sp³-hybridized carbons (Fsp3) is 0.372. The van der Waals surface area contributed by atoms with Crippen LogP contribution in [0, 0.1) is 0 Å². The van der Waals surface area contributed by atoms with Crippen LogP contribution in [0.3, 0.4) is 0 Å². The SMILES string of the molecule is CNC(=O)[C@H](CSC(c1ccccc1)(c1ccccc1)c1ccccc1)NC(=O)CCCCCCC(=O)[C@@H](N)Cc1ccc(OC(C)(C)C)cc1. The predicted octanol–water partition coefficient (Wildman–Crippen LogP) is 7.60. The van der Waals surface area contributed by atoms with Crippen molar-refractivity contribution in [1.29, 1.82) is 0 Å². The van der Waals surface area contributed by atoms with E-state index in [2.05, 4.69) is 47.0 Å². The Hall–Kier alpha value is -4.40. The Morgan fingerprint density at radius 1 is 0.706 bits per heavy atom. The first-order chi connectivity index (χ1) is 24.5. The van der Waals surface area contributed by atoms with Crippen LogP contribution in [0.15, 0.2) is 115 Å². The molecule has 0 radical (unpaired) electrons. The van der Waals surface area contributed by atoms with E-state index in [0.717, 1.165) is 47.3 Å². The lowest BCUT2D eigenvalue weighted by Gasteiger charge is -2.36. The Kier molecular flexibility index (Phi) is 14.9. The summed E-state index contributed by atoms with van der Waals surface area (Å²) in [6.07, 6.45) is 4.25. The van der Waals surface area contributed by atoms with Gasteiger partial charge in [-0.3, -0.25) is 14.4 Å². The van der Waals surface area contributed by atoms with Gasteiger partial charge in [-0.25, -0.2) is 0 Å². The summed E-state index contributed by atoms with van der Waals surface area (Å²) >= 11 is 1.64. The van der Waals surface area contributed by atoms with Gasteiger partial charge in [-0.05, 0) is 74.4 Å². The second-order valence-corrected chi connectivity index (χ2v) is 15.1. The first kappa shape index (κ1) is 39.4. The molecule has 51 heavy (non-hydrogen) atoms. The molecule has 4 aromatic rings. The second-order valence-electron chi connectivity index (χ2n) is 13.9. The first-order valence-corrected chi connectivity index (χ1v) is 18.9. The van der Waals surface area contributed by atoms with Crippen LogP contribution < -0.4 is 21.1 Å². The van der Waals surface area contributed by atoms with E-state index in [1.807, 2.05) is 99.6 Å². The number of amides is 2. The molecule has 8 heteroatoms. The number of ketones is 1. The van der Waals surface area contributed by atoms with Crippen molar-refractivity contribution in [3.8, 4) is 5.75 Å². The summed E-state index contributed by atoms with van der Waals surface area (Å²) < 4.78 is 5.27. The highest BCUT2D eigenvalue weighted by Crippen LogP contribution is 2.48. The Morgan fingerprint density at radius 3 is 1.67 bits per heavy atom. The van der Waals surface area contributed by atoms with Crippen LogP contribution in [0.5, 0.6) is 5.75 Å². The highest BCUT2D eigenvalue weighted by molar-refractivity contribution is 8.00. The number of nitrogens with one attached hydrogen (secondary N) is 2. The van der Waals surface area contributed by atoms with Crippen molar-refractivity contribution in [1.82, 2.24) is 10.6 Å². The second kappa shape index (κ2) is 19.3. The number of unbranched alkanes of at least 4 members (excludes halogenated alkanes) is 3. The topological polar surface area (TPSA) is 111 Å². The lowest BCUT2D eigenvalue weighted by molar-refractivity contribution is -0.128. The fourth-order valence-corrected chi connectivity index (χ4v) is 7.70. The summed E-state index contributed by atoms with van der Waals surface area (Å²) in [6.45, 7) is 6.01. The number of hydrogen-bond acceptors (Lipinski definition) is 6. The van der Waals surface area contributed by atoms with E-state index in [0.29, 0.717) is 31.4 Å². The van der Waals surface area contributed by atoms with Gasteiger partial charge in [-0.15, -0.1) is 11.8 Å². The van der Waals surface area contributed by atoms with Crippen LogP contribution in [0.1, 0.15) is 81.5 Å². The lowest BCUT2D eigenvalue weighted by Crippen LogP contribution is -2.48. The van der Waals surface area contributed by atoms with Gasteiger partial charge >= 0.3 is 0 Å². The molecule has 4 aromatic carbocycles. The molecule has 0 aliphatic rings. The molecule has 0 saturated carbocycles. The first-order valence-electron chi connectivity index (χ1n) is 17.9. The van der Waals surface area contributed by atoms with Gasteiger partial charge in [0.05, 0.1) is 10.8 Å².